The van der Waals surface area contributed by atoms with Crippen molar-refractivity contribution in [3.8, 4) is 11.7 Å². The molecule has 1 N–H and O–H groups in total. The third-order valence-electron chi connectivity index (χ3n) is 3.32. The summed E-state index contributed by atoms with van der Waals surface area (Å²) >= 11 is 0. The van der Waals surface area contributed by atoms with E-state index in [1.54, 1.807) is 6.26 Å². The third kappa shape index (κ3) is 2.69. The Balaban J connectivity index is 1.68. The summed E-state index contributed by atoms with van der Waals surface area (Å²) in [5.41, 5.74) is 0. The van der Waals surface area contributed by atoms with Crippen molar-refractivity contribution in [2.45, 2.75) is 25.9 Å². The molecule has 3 heterocycles. The molecule has 19 heavy (non-hydrogen) atoms. The van der Waals surface area contributed by atoms with Crippen molar-refractivity contribution >= 4 is 0 Å². The van der Waals surface area contributed by atoms with Crippen LogP contribution in [0.4, 0.5) is 0 Å². The minimum absolute atomic E-state index is 0.447. The molecule has 2 aromatic rings. The first-order valence-corrected chi connectivity index (χ1v) is 6.68. The lowest BCUT2D eigenvalue weighted by atomic mass is 10.1. The molecule has 0 unspecified atom stereocenters. The van der Waals surface area contributed by atoms with Gasteiger partial charge >= 0.3 is 0 Å². The molecule has 0 aromatic carbocycles. The largest absolute Gasteiger partial charge is 0.459 e. The number of furan rings is 1. The van der Waals surface area contributed by atoms with Crippen LogP contribution in [-0.4, -0.2) is 40.8 Å². The molecule has 1 aliphatic heterocycles. The van der Waals surface area contributed by atoms with Crippen LogP contribution in [0.1, 0.15) is 19.2 Å². The molecule has 1 aliphatic rings. The molecule has 0 bridgehead atoms. The lowest BCUT2D eigenvalue weighted by Gasteiger charge is -2.37. The Kier molecular flexibility index (Phi) is 3.61. The summed E-state index contributed by atoms with van der Waals surface area (Å²) in [6.45, 7) is 6.01. The summed E-state index contributed by atoms with van der Waals surface area (Å²) in [6.07, 6.45) is 2.72. The lowest BCUT2D eigenvalue weighted by molar-refractivity contribution is 0.126. The summed E-state index contributed by atoms with van der Waals surface area (Å²) in [5, 5.41) is 11.4. The van der Waals surface area contributed by atoms with E-state index in [2.05, 4.69) is 27.3 Å². The molecule has 0 aliphatic carbocycles. The smallest absolute Gasteiger partial charge is 0.283 e. The fourth-order valence-electron chi connectivity index (χ4n) is 2.20. The number of hydrogen-bond donors (Lipinski definition) is 1. The first-order valence-electron chi connectivity index (χ1n) is 6.68. The van der Waals surface area contributed by atoms with Crippen LogP contribution >= 0.6 is 0 Å². The first kappa shape index (κ1) is 12.4. The fourth-order valence-corrected chi connectivity index (χ4v) is 2.20. The maximum absolute atomic E-state index is 5.65. The van der Waals surface area contributed by atoms with Gasteiger partial charge in [0.1, 0.15) is 0 Å². The van der Waals surface area contributed by atoms with E-state index in [1.165, 1.54) is 0 Å². The quantitative estimate of drug-likeness (QED) is 0.851. The molecule has 0 spiro atoms. The van der Waals surface area contributed by atoms with Gasteiger partial charge in [-0.05, 0) is 25.1 Å². The van der Waals surface area contributed by atoms with Gasteiger partial charge in [0, 0.05) is 19.1 Å². The molecule has 1 fully saturated rings. The Labute approximate surface area is 111 Å². The van der Waals surface area contributed by atoms with E-state index in [0.717, 1.165) is 26.1 Å². The van der Waals surface area contributed by atoms with E-state index in [-0.39, 0.29) is 0 Å². The minimum Gasteiger partial charge on any atom is -0.459 e. The van der Waals surface area contributed by atoms with E-state index < -0.39 is 0 Å². The number of aromatic nitrogens is 2. The molecule has 6 nitrogen and oxygen atoms in total. The average Bonchev–Trinajstić information content (AvgIpc) is 2.95. The highest BCUT2D eigenvalue weighted by molar-refractivity contribution is 5.42. The van der Waals surface area contributed by atoms with Gasteiger partial charge in [0.15, 0.2) is 5.76 Å². The number of nitrogens with zero attached hydrogens (tertiary/aromatic N) is 3. The van der Waals surface area contributed by atoms with Crippen molar-refractivity contribution in [2.24, 2.45) is 0 Å². The fraction of sp³-hybridized carbons (Fsp3) is 0.538. The molecule has 0 atom stereocenters. The van der Waals surface area contributed by atoms with Crippen molar-refractivity contribution in [2.75, 3.05) is 19.6 Å². The highest BCUT2D eigenvalue weighted by Gasteiger charge is 2.25. The van der Waals surface area contributed by atoms with E-state index in [9.17, 15) is 0 Å². The second-order valence-electron chi connectivity index (χ2n) is 4.76. The Bertz CT molecular complexity index is 504. The van der Waals surface area contributed by atoms with E-state index in [0.29, 0.717) is 30.1 Å². The zero-order chi connectivity index (χ0) is 13.1. The van der Waals surface area contributed by atoms with Gasteiger partial charge < -0.3 is 14.2 Å². The van der Waals surface area contributed by atoms with Gasteiger partial charge in [-0.1, -0.05) is 6.92 Å². The highest BCUT2D eigenvalue weighted by Crippen LogP contribution is 2.19. The van der Waals surface area contributed by atoms with Crippen LogP contribution in [0.2, 0.25) is 0 Å². The number of hydrogen-bond acceptors (Lipinski definition) is 6. The average molecular weight is 262 g/mol. The maximum Gasteiger partial charge on any atom is 0.283 e. The summed E-state index contributed by atoms with van der Waals surface area (Å²) in [7, 11) is 0. The van der Waals surface area contributed by atoms with Crippen LogP contribution in [0.15, 0.2) is 27.2 Å². The number of nitrogens with one attached hydrogen (secondary N) is 1. The van der Waals surface area contributed by atoms with Gasteiger partial charge in [-0.2, -0.15) is 0 Å². The van der Waals surface area contributed by atoms with Crippen LogP contribution in [0.5, 0.6) is 0 Å². The molecular formula is C13H18N4O2. The molecule has 6 heteroatoms. The van der Waals surface area contributed by atoms with Gasteiger partial charge in [0.2, 0.25) is 5.89 Å². The van der Waals surface area contributed by atoms with E-state index >= 15 is 0 Å². The van der Waals surface area contributed by atoms with Crippen LogP contribution in [0, 0.1) is 0 Å². The van der Waals surface area contributed by atoms with Crippen molar-refractivity contribution in [3.63, 3.8) is 0 Å². The van der Waals surface area contributed by atoms with Crippen molar-refractivity contribution in [1.82, 2.24) is 20.4 Å². The van der Waals surface area contributed by atoms with Gasteiger partial charge in [0.25, 0.3) is 5.89 Å². The molecular weight excluding hydrogens is 244 g/mol. The summed E-state index contributed by atoms with van der Waals surface area (Å²) in [4.78, 5) is 2.38. The molecule has 0 saturated carbocycles. The SMILES string of the molecule is CCCN(Cc1nnc(-c2ccco2)o1)C1CNC1. The van der Waals surface area contributed by atoms with Crippen LogP contribution in [0.25, 0.3) is 11.7 Å². The normalized spacial score (nSPS) is 15.9. The second-order valence-corrected chi connectivity index (χ2v) is 4.76. The zero-order valence-corrected chi connectivity index (χ0v) is 11.0. The Morgan fingerprint density at radius 2 is 2.32 bits per heavy atom. The van der Waals surface area contributed by atoms with E-state index in [4.69, 9.17) is 8.83 Å². The Morgan fingerprint density at radius 3 is 2.95 bits per heavy atom. The zero-order valence-electron chi connectivity index (χ0n) is 11.0. The minimum atomic E-state index is 0.447. The van der Waals surface area contributed by atoms with Crippen LogP contribution < -0.4 is 5.32 Å². The van der Waals surface area contributed by atoms with Gasteiger partial charge in [-0.15, -0.1) is 10.2 Å². The monoisotopic (exact) mass is 262 g/mol. The van der Waals surface area contributed by atoms with Gasteiger partial charge in [0.05, 0.1) is 12.8 Å². The molecule has 0 radical (unpaired) electrons. The molecule has 2 aromatic heterocycles. The molecule has 3 rings (SSSR count). The first-order chi connectivity index (χ1) is 9.36. The highest BCUT2D eigenvalue weighted by atomic mass is 16.4. The van der Waals surface area contributed by atoms with Crippen molar-refractivity contribution in [3.05, 3.63) is 24.3 Å². The van der Waals surface area contributed by atoms with Crippen molar-refractivity contribution in [1.29, 1.82) is 0 Å². The lowest BCUT2D eigenvalue weighted by Crippen LogP contribution is -2.57. The van der Waals surface area contributed by atoms with Gasteiger partial charge in [-0.25, -0.2) is 0 Å². The van der Waals surface area contributed by atoms with Crippen LogP contribution in [0.3, 0.4) is 0 Å². The summed E-state index contributed by atoms with van der Waals surface area (Å²) in [6, 6.07) is 4.21. The second kappa shape index (κ2) is 5.54. The topological polar surface area (TPSA) is 67.3 Å². The Hall–Kier alpha value is -1.66. The molecule has 0 amide bonds. The molecule has 1 saturated heterocycles. The Morgan fingerprint density at radius 1 is 1.42 bits per heavy atom. The van der Waals surface area contributed by atoms with E-state index in [1.807, 2.05) is 12.1 Å². The molecule has 102 valence electrons. The number of rotatable bonds is 6. The predicted molar refractivity (Wildman–Crippen MR) is 69.4 cm³/mol. The third-order valence-corrected chi connectivity index (χ3v) is 3.32. The standard InChI is InChI=1S/C13H18N4O2/c1-2-5-17(10-7-14-8-10)9-12-15-16-13(19-12)11-4-3-6-18-11/h3-4,6,10,14H,2,5,7-9H2,1H3. The predicted octanol–water partition coefficient (Wildman–Crippen LogP) is 1.51. The maximum atomic E-state index is 5.65. The summed E-state index contributed by atoms with van der Waals surface area (Å²) in [5.74, 6) is 1.71. The summed E-state index contributed by atoms with van der Waals surface area (Å²) < 4.78 is 10.9. The van der Waals surface area contributed by atoms with Crippen molar-refractivity contribution < 1.29 is 8.83 Å². The van der Waals surface area contributed by atoms with Gasteiger partial charge in [-0.3, -0.25) is 4.90 Å². The van der Waals surface area contributed by atoms with Crippen LogP contribution in [-0.2, 0) is 6.54 Å².